The van der Waals surface area contributed by atoms with Gasteiger partial charge in [0.25, 0.3) is 5.91 Å². The Bertz CT molecular complexity index is 656. The molecular weight excluding hydrogens is 411 g/mol. The van der Waals surface area contributed by atoms with E-state index in [1.165, 1.54) is 30.3 Å². The topological polar surface area (TPSA) is 38.3 Å². The number of hydrogen-bond donors (Lipinski definition) is 1. The largest absolute Gasteiger partial charge is 0.462 e. The molecule has 1 N–H and O–H groups in total. The maximum Gasteiger partial charge on any atom is 0.462 e. The minimum Gasteiger partial charge on any atom is -0.347 e. The van der Waals surface area contributed by atoms with Crippen LogP contribution in [0.2, 0.25) is 0 Å². The Kier molecular flexibility index (Phi) is 6.05. The van der Waals surface area contributed by atoms with Gasteiger partial charge in [-0.15, -0.1) is 0 Å². The Morgan fingerprint density at radius 3 is 1.70 bits per heavy atom. The average Bonchev–Trinajstić information content (AvgIpc) is 2.50. The van der Waals surface area contributed by atoms with Crippen LogP contribution in [0, 0.1) is 0 Å². The first-order chi connectivity index (χ1) is 12.0. The van der Waals surface area contributed by atoms with Crippen LogP contribution in [0.25, 0.3) is 0 Å². The molecule has 0 aromatic heterocycles. The summed E-state index contributed by atoms with van der Waals surface area (Å²) < 4.78 is 141. The highest BCUT2D eigenvalue weighted by molar-refractivity contribution is 5.84. The van der Waals surface area contributed by atoms with Gasteiger partial charge in [-0.25, -0.2) is 0 Å². The number of halogens is 11. The lowest BCUT2D eigenvalue weighted by molar-refractivity contribution is -0.473. The van der Waals surface area contributed by atoms with Crippen LogP contribution in [0.15, 0.2) is 30.3 Å². The van der Waals surface area contributed by atoms with Gasteiger partial charge in [0.15, 0.2) is 0 Å². The molecule has 0 saturated heterocycles. The van der Waals surface area contributed by atoms with Gasteiger partial charge in [0.1, 0.15) is 0 Å². The van der Waals surface area contributed by atoms with Crippen LogP contribution in [-0.2, 0) is 16.1 Å². The third-order valence-electron chi connectivity index (χ3n) is 2.94. The van der Waals surface area contributed by atoms with Crippen LogP contribution < -0.4 is 5.32 Å². The van der Waals surface area contributed by atoms with Crippen LogP contribution in [0.5, 0.6) is 0 Å². The quantitative estimate of drug-likeness (QED) is 0.697. The van der Waals surface area contributed by atoms with Gasteiger partial charge in [0.2, 0.25) is 0 Å². The molecule has 1 aromatic rings. The molecule has 14 heteroatoms. The van der Waals surface area contributed by atoms with E-state index in [0.717, 1.165) is 5.32 Å². The van der Waals surface area contributed by atoms with E-state index in [1.54, 1.807) is 0 Å². The summed E-state index contributed by atoms with van der Waals surface area (Å²) in [6.45, 7) is -0.897. The van der Waals surface area contributed by atoms with Crippen molar-refractivity contribution in [2.24, 2.45) is 0 Å². The molecule has 1 rings (SSSR count). The Morgan fingerprint density at radius 1 is 0.815 bits per heavy atom. The molecule has 0 aliphatic rings. The second kappa shape index (κ2) is 7.13. The van der Waals surface area contributed by atoms with Gasteiger partial charge in [-0.2, -0.15) is 48.3 Å². The normalized spacial score (nSPS) is 16.0. The standard InChI is InChI=1S/C13H8F11NO2/c14-9(11(17,18)19,8(26)25-6-7-4-2-1-3-5-7)27-13(23,24)10(15,16)12(20,21)22/h1-5H,6H2,(H,25,26)/t9-/m0/s1. The number of rotatable bonds is 6. The number of hydrogen-bond acceptors (Lipinski definition) is 2. The van der Waals surface area contributed by atoms with Crippen molar-refractivity contribution in [1.82, 2.24) is 5.32 Å². The van der Waals surface area contributed by atoms with E-state index in [4.69, 9.17) is 0 Å². The smallest absolute Gasteiger partial charge is 0.347 e. The molecule has 0 aliphatic carbocycles. The fourth-order valence-electron chi connectivity index (χ4n) is 1.53. The van der Waals surface area contributed by atoms with E-state index in [9.17, 15) is 53.1 Å². The fraction of sp³-hybridized carbons (Fsp3) is 0.462. The Labute approximate surface area is 143 Å². The second-order valence-electron chi connectivity index (χ2n) is 4.95. The Hall–Kier alpha value is -2.12. The van der Waals surface area contributed by atoms with Crippen molar-refractivity contribution >= 4 is 5.91 Å². The van der Waals surface area contributed by atoms with Gasteiger partial charge in [-0.05, 0) is 5.56 Å². The lowest BCUT2D eigenvalue weighted by Crippen LogP contribution is -2.63. The monoisotopic (exact) mass is 419 g/mol. The van der Waals surface area contributed by atoms with E-state index >= 15 is 0 Å². The van der Waals surface area contributed by atoms with Crippen molar-refractivity contribution in [2.75, 3.05) is 0 Å². The SMILES string of the molecule is O=C(NCc1ccccc1)[C@](F)(OC(F)(F)C(F)(F)C(F)(F)F)C(F)(F)F. The number of amides is 1. The van der Waals surface area contributed by atoms with Gasteiger partial charge in [0, 0.05) is 6.54 Å². The van der Waals surface area contributed by atoms with E-state index in [-0.39, 0.29) is 5.56 Å². The maximum absolute atomic E-state index is 13.9. The van der Waals surface area contributed by atoms with Crippen molar-refractivity contribution in [1.29, 1.82) is 0 Å². The highest BCUT2D eigenvalue weighted by Gasteiger charge is 2.79. The summed E-state index contributed by atoms with van der Waals surface area (Å²) in [6.07, 6.45) is -20.9. The molecule has 1 amide bonds. The molecule has 0 saturated carbocycles. The number of carbonyl (C=O) groups excluding carboxylic acids is 1. The zero-order chi connectivity index (χ0) is 21.3. The summed E-state index contributed by atoms with van der Waals surface area (Å²) in [7, 11) is 0. The van der Waals surface area contributed by atoms with Crippen LogP contribution in [-0.4, -0.2) is 36.1 Å². The molecule has 0 bridgehead atoms. The Balaban J connectivity index is 3.15. The molecule has 0 spiro atoms. The van der Waals surface area contributed by atoms with Crippen molar-refractivity contribution in [3.05, 3.63) is 35.9 Å². The van der Waals surface area contributed by atoms with Crippen molar-refractivity contribution in [3.63, 3.8) is 0 Å². The van der Waals surface area contributed by atoms with Crippen LogP contribution >= 0.6 is 0 Å². The molecule has 0 heterocycles. The van der Waals surface area contributed by atoms with Crippen LogP contribution in [0.4, 0.5) is 48.3 Å². The van der Waals surface area contributed by atoms with Crippen molar-refractivity contribution in [2.45, 2.75) is 36.8 Å². The summed E-state index contributed by atoms with van der Waals surface area (Å²) in [5, 5.41) is 1.14. The van der Waals surface area contributed by atoms with E-state index in [1.807, 2.05) is 0 Å². The molecule has 3 nitrogen and oxygen atoms in total. The van der Waals surface area contributed by atoms with Gasteiger partial charge in [0.05, 0.1) is 0 Å². The number of alkyl halides is 11. The lowest BCUT2D eigenvalue weighted by atomic mass is 10.2. The van der Waals surface area contributed by atoms with Gasteiger partial charge in [-0.1, -0.05) is 30.3 Å². The molecule has 0 aliphatic heterocycles. The van der Waals surface area contributed by atoms with Gasteiger partial charge < -0.3 is 5.32 Å². The van der Waals surface area contributed by atoms with Crippen LogP contribution in [0.3, 0.4) is 0 Å². The zero-order valence-corrected chi connectivity index (χ0v) is 12.6. The molecule has 1 atom stereocenters. The number of carbonyl (C=O) groups is 1. The first kappa shape index (κ1) is 22.9. The molecule has 1 aromatic carbocycles. The highest BCUT2D eigenvalue weighted by atomic mass is 19.4. The predicted octanol–water partition coefficient (Wildman–Crippen LogP) is 4.34. The first-order valence-corrected chi connectivity index (χ1v) is 6.56. The number of ether oxygens (including phenoxy) is 1. The van der Waals surface area contributed by atoms with Crippen LogP contribution in [0.1, 0.15) is 5.56 Å². The minimum absolute atomic E-state index is 0.0303. The lowest BCUT2D eigenvalue weighted by Gasteiger charge is -2.34. The summed E-state index contributed by atoms with van der Waals surface area (Å²) in [4.78, 5) is 11.3. The minimum atomic E-state index is -7.22. The van der Waals surface area contributed by atoms with E-state index in [0.29, 0.717) is 0 Å². The Morgan fingerprint density at radius 2 is 1.30 bits per heavy atom. The number of nitrogens with one attached hydrogen (secondary N) is 1. The summed E-state index contributed by atoms with van der Waals surface area (Å²) in [6, 6.07) is 6.47. The number of benzene rings is 1. The van der Waals surface area contributed by atoms with E-state index in [2.05, 4.69) is 4.74 Å². The van der Waals surface area contributed by atoms with E-state index < -0.39 is 42.7 Å². The van der Waals surface area contributed by atoms with Crippen molar-refractivity contribution in [3.8, 4) is 0 Å². The second-order valence-corrected chi connectivity index (χ2v) is 4.95. The summed E-state index contributed by atoms with van der Waals surface area (Å²) >= 11 is 0. The molecular formula is C13H8F11NO2. The fourth-order valence-corrected chi connectivity index (χ4v) is 1.53. The first-order valence-electron chi connectivity index (χ1n) is 6.56. The zero-order valence-electron chi connectivity index (χ0n) is 12.6. The molecule has 154 valence electrons. The average molecular weight is 419 g/mol. The third kappa shape index (κ3) is 4.59. The molecule has 0 fully saturated rings. The van der Waals surface area contributed by atoms with Gasteiger partial charge >= 0.3 is 30.2 Å². The maximum atomic E-state index is 13.9. The third-order valence-corrected chi connectivity index (χ3v) is 2.94. The summed E-state index contributed by atoms with van der Waals surface area (Å²) in [5.74, 6) is -16.5. The molecule has 0 radical (unpaired) electrons. The molecule has 0 unspecified atom stereocenters. The highest BCUT2D eigenvalue weighted by Crippen LogP contribution is 2.50. The van der Waals surface area contributed by atoms with Gasteiger partial charge in [-0.3, -0.25) is 9.53 Å². The predicted molar refractivity (Wildman–Crippen MR) is 65.2 cm³/mol. The van der Waals surface area contributed by atoms with Crippen molar-refractivity contribution < 1.29 is 57.8 Å². The molecule has 27 heavy (non-hydrogen) atoms. The summed E-state index contributed by atoms with van der Waals surface area (Å²) in [5.41, 5.74) is 0.0303.